The number of rotatable bonds is 6. The molecule has 1 fully saturated rings. The van der Waals surface area contributed by atoms with Gasteiger partial charge in [-0.1, -0.05) is 18.2 Å². The molecule has 1 aromatic rings. The van der Waals surface area contributed by atoms with E-state index in [0.29, 0.717) is 13.0 Å². The second-order valence-corrected chi connectivity index (χ2v) is 5.96. The van der Waals surface area contributed by atoms with Crippen LogP contribution < -0.4 is 11.1 Å². The maximum atomic E-state index is 11.4. The topological polar surface area (TPSA) is 55.1 Å². The van der Waals surface area contributed by atoms with Gasteiger partial charge in [-0.3, -0.25) is 4.79 Å². The summed E-state index contributed by atoms with van der Waals surface area (Å²) >= 11 is 1.87. The van der Waals surface area contributed by atoms with Crippen molar-refractivity contribution in [2.24, 2.45) is 5.73 Å². The van der Waals surface area contributed by atoms with Gasteiger partial charge in [0.2, 0.25) is 5.91 Å². The zero-order valence-corrected chi connectivity index (χ0v) is 11.9. The molecule has 2 rings (SSSR count). The minimum atomic E-state index is 0. The fraction of sp³-hybridized carbons (Fsp3) is 0.462. The molecular formula is C13H19ClN2OS. The first-order valence-electron chi connectivity index (χ1n) is 5.95. The summed E-state index contributed by atoms with van der Waals surface area (Å²) in [7, 11) is 0. The number of halogens is 1. The van der Waals surface area contributed by atoms with Gasteiger partial charge in [0, 0.05) is 29.2 Å². The highest BCUT2D eigenvalue weighted by atomic mass is 35.5. The molecule has 18 heavy (non-hydrogen) atoms. The van der Waals surface area contributed by atoms with Crippen molar-refractivity contribution in [2.75, 3.05) is 13.1 Å². The van der Waals surface area contributed by atoms with Crippen LogP contribution in [0.5, 0.6) is 0 Å². The third-order valence-corrected chi connectivity index (χ3v) is 4.36. The Bertz CT molecular complexity index is 382. The molecule has 0 aromatic heterocycles. The van der Waals surface area contributed by atoms with E-state index in [9.17, 15) is 4.79 Å². The average Bonchev–Trinajstić information content (AvgIpc) is 3.09. The van der Waals surface area contributed by atoms with Crippen LogP contribution in [-0.2, 0) is 4.79 Å². The molecule has 100 valence electrons. The van der Waals surface area contributed by atoms with Crippen molar-refractivity contribution in [3.63, 3.8) is 0 Å². The highest BCUT2D eigenvalue weighted by Gasteiger charge is 2.43. The Kier molecular flexibility index (Phi) is 5.99. The van der Waals surface area contributed by atoms with Crippen LogP contribution in [-0.4, -0.2) is 23.7 Å². The first-order valence-corrected chi connectivity index (χ1v) is 6.77. The number of nitrogens with one attached hydrogen (secondary N) is 1. The molecule has 0 aliphatic heterocycles. The molecular weight excluding hydrogens is 268 g/mol. The predicted molar refractivity (Wildman–Crippen MR) is 78.2 cm³/mol. The van der Waals surface area contributed by atoms with Crippen LogP contribution in [0.25, 0.3) is 0 Å². The first kappa shape index (κ1) is 15.3. The van der Waals surface area contributed by atoms with Crippen LogP contribution in [0.15, 0.2) is 35.2 Å². The molecule has 1 amide bonds. The minimum absolute atomic E-state index is 0. The molecule has 1 saturated carbocycles. The van der Waals surface area contributed by atoms with Gasteiger partial charge < -0.3 is 11.1 Å². The van der Waals surface area contributed by atoms with E-state index < -0.39 is 0 Å². The summed E-state index contributed by atoms with van der Waals surface area (Å²) in [4.78, 5) is 12.6. The molecule has 1 aromatic carbocycles. The predicted octanol–water partition coefficient (Wildman–Crippen LogP) is 2.20. The van der Waals surface area contributed by atoms with Gasteiger partial charge in [-0.15, -0.1) is 24.2 Å². The molecule has 3 N–H and O–H groups in total. The SMILES string of the molecule is Cl.NCCC(=O)NCC1(Sc2ccccc2)CC1. The Hall–Kier alpha value is -0.710. The van der Waals surface area contributed by atoms with Crippen molar-refractivity contribution in [2.45, 2.75) is 28.9 Å². The second-order valence-electron chi connectivity index (χ2n) is 4.41. The van der Waals surface area contributed by atoms with Gasteiger partial charge in [0.15, 0.2) is 0 Å². The van der Waals surface area contributed by atoms with Crippen molar-refractivity contribution >= 4 is 30.1 Å². The molecule has 1 aliphatic carbocycles. The molecule has 0 unspecified atom stereocenters. The van der Waals surface area contributed by atoms with Crippen molar-refractivity contribution in [3.8, 4) is 0 Å². The van der Waals surface area contributed by atoms with Crippen LogP contribution in [0.2, 0.25) is 0 Å². The van der Waals surface area contributed by atoms with Crippen molar-refractivity contribution in [1.29, 1.82) is 0 Å². The zero-order valence-electron chi connectivity index (χ0n) is 10.2. The Morgan fingerprint density at radius 3 is 2.56 bits per heavy atom. The highest BCUT2D eigenvalue weighted by Crippen LogP contribution is 2.51. The van der Waals surface area contributed by atoms with Crippen molar-refractivity contribution < 1.29 is 4.79 Å². The maximum absolute atomic E-state index is 11.4. The van der Waals surface area contributed by atoms with Crippen LogP contribution in [0.3, 0.4) is 0 Å². The van der Waals surface area contributed by atoms with Crippen LogP contribution in [0.1, 0.15) is 19.3 Å². The van der Waals surface area contributed by atoms with Crippen molar-refractivity contribution in [3.05, 3.63) is 30.3 Å². The summed E-state index contributed by atoms with van der Waals surface area (Å²) in [6.07, 6.45) is 2.77. The monoisotopic (exact) mass is 286 g/mol. The number of carbonyl (C=O) groups is 1. The van der Waals surface area contributed by atoms with E-state index in [1.807, 2.05) is 30.0 Å². The lowest BCUT2D eigenvalue weighted by molar-refractivity contribution is -0.120. The van der Waals surface area contributed by atoms with E-state index in [1.54, 1.807) is 0 Å². The third-order valence-electron chi connectivity index (χ3n) is 2.86. The number of hydrogen-bond donors (Lipinski definition) is 2. The molecule has 3 nitrogen and oxygen atoms in total. The van der Waals surface area contributed by atoms with Crippen LogP contribution in [0.4, 0.5) is 0 Å². The Morgan fingerprint density at radius 1 is 1.33 bits per heavy atom. The van der Waals surface area contributed by atoms with Crippen LogP contribution in [0, 0.1) is 0 Å². The number of amides is 1. The van der Waals surface area contributed by atoms with Gasteiger partial charge in [-0.2, -0.15) is 0 Å². The van der Waals surface area contributed by atoms with E-state index >= 15 is 0 Å². The third kappa shape index (κ3) is 4.52. The summed E-state index contributed by atoms with van der Waals surface area (Å²) in [6.45, 7) is 1.18. The molecule has 5 heteroatoms. The largest absolute Gasteiger partial charge is 0.355 e. The van der Waals surface area contributed by atoms with E-state index in [2.05, 4.69) is 17.4 Å². The van der Waals surface area contributed by atoms with E-state index in [-0.39, 0.29) is 23.1 Å². The summed E-state index contributed by atoms with van der Waals surface area (Å²) in [5.41, 5.74) is 5.34. The zero-order chi connectivity index (χ0) is 12.1. The Labute approximate surface area is 118 Å². The summed E-state index contributed by atoms with van der Waals surface area (Å²) in [6, 6.07) is 10.3. The number of nitrogens with two attached hydrogens (primary N) is 1. The number of thioether (sulfide) groups is 1. The van der Waals surface area contributed by atoms with E-state index in [4.69, 9.17) is 5.73 Å². The average molecular weight is 287 g/mol. The summed E-state index contributed by atoms with van der Waals surface area (Å²) in [5.74, 6) is 0.0624. The van der Waals surface area contributed by atoms with Crippen molar-refractivity contribution in [1.82, 2.24) is 5.32 Å². The van der Waals surface area contributed by atoms with Gasteiger partial charge in [0.1, 0.15) is 0 Å². The molecule has 0 saturated heterocycles. The maximum Gasteiger partial charge on any atom is 0.221 e. The van der Waals surface area contributed by atoms with Gasteiger partial charge in [0.05, 0.1) is 0 Å². The minimum Gasteiger partial charge on any atom is -0.355 e. The fourth-order valence-electron chi connectivity index (χ4n) is 1.67. The van der Waals surface area contributed by atoms with E-state index in [0.717, 1.165) is 6.54 Å². The first-order chi connectivity index (χ1) is 8.24. The molecule has 0 spiro atoms. The van der Waals surface area contributed by atoms with Gasteiger partial charge in [-0.25, -0.2) is 0 Å². The second kappa shape index (κ2) is 7.02. The standard InChI is InChI=1S/C13H18N2OS.ClH/c14-9-6-12(16)15-10-13(7-8-13)17-11-4-2-1-3-5-11;/h1-5H,6-10,14H2,(H,15,16);1H. The molecule has 0 bridgehead atoms. The smallest absolute Gasteiger partial charge is 0.221 e. The summed E-state index contributed by atoms with van der Waals surface area (Å²) < 4.78 is 0.228. The molecule has 0 atom stereocenters. The lowest BCUT2D eigenvalue weighted by Crippen LogP contribution is -2.32. The highest BCUT2D eigenvalue weighted by molar-refractivity contribution is 8.01. The Morgan fingerprint density at radius 2 is 2.00 bits per heavy atom. The molecule has 1 aliphatic rings. The molecule has 0 heterocycles. The van der Waals surface area contributed by atoms with Gasteiger partial charge in [0.25, 0.3) is 0 Å². The number of benzene rings is 1. The Balaban J connectivity index is 0.00000162. The lowest BCUT2D eigenvalue weighted by atomic mass is 10.3. The lowest BCUT2D eigenvalue weighted by Gasteiger charge is -2.15. The van der Waals surface area contributed by atoms with Gasteiger partial charge >= 0.3 is 0 Å². The van der Waals surface area contributed by atoms with E-state index in [1.165, 1.54) is 17.7 Å². The number of hydrogen-bond acceptors (Lipinski definition) is 3. The van der Waals surface area contributed by atoms with Crippen LogP contribution >= 0.6 is 24.2 Å². The molecule has 0 radical (unpaired) electrons. The van der Waals surface area contributed by atoms with Gasteiger partial charge in [-0.05, 0) is 25.0 Å². The summed E-state index contributed by atoms with van der Waals surface area (Å²) in [5, 5.41) is 2.97. The number of carbonyl (C=O) groups excluding carboxylic acids is 1. The normalized spacial score (nSPS) is 15.6. The quantitative estimate of drug-likeness (QED) is 0.843. The fourth-order valence-corrected chi connectivity index (χ4v) is 2.92.